The molecule has 0 bridgehead atoms. The quantitative estimate of drug-likeness (QED) is 0.876. The maximum atomic E-state index is 11.9. The van der Waals surface area contributed by atoms with Crippen LogP contribution in [0.4, 0.5) is 5.69 Å². The first-order valence-corrected chi connectivity index (χ1v) is 7.74. The maximum Gasteiger partial charge on any atom is 0.234 e. The Bertz CT molecular complexity index is 613. The molecule has 0 spiro atoms. The van der Waals surface area contributed by atoms with Crippen LogP contribution in [0.5, 0.6) is 0 Å². The summed E-state index contributed by atoms with van der Waals surface area (Å²) in [5, 5.41) is 2.86. The lowest BCUT2D eigenvalue weighted by molar-refractivity contribution is -0.113. The number of aryl methyl sites for hydroxylation is 2. The summed E-state index contributed by atoms with van der Waals surface area (Å²) < 4.78 is 0. The van der Waals surface area contributed by atoms with Gasteiger partial charge in [-0.05, 0) is 54.7 Å². The Morgan fingerprint density at radius 3 is 2.80 bits per heavy atom. The van der Waals surface area contributed by atoms with Crippen LogP contribution in [0.15, 0.2) is 47.6 Å². The number of rotatable bonds is 4. The van der Waals surface area contributed by atoms with Crippen LogP contribution < -0.4 is 5.32 Å². The average molecular weight is 284 g/mol. The van der Waals surface area contributed by atoms with Crippen LogP contribution >= 0.6 is 11.8 Å². The fraction of sp³-hybridized carbons (Fsp3) is 0.250. The number of anilines is 1. The van der Waals surface area contributed by atoms with E-state index in [0.29, 0.717) is 5.75 Å². The molecule has 0 unspecified atom stereocenters. The van der Waals surface area contributed by atoms with Crippen LogP contribution in [-0.4, -0.2) is 16.6 Å². The number of hydrogen-bond acceptors (Lipinski definition) is 3. The molecule has 1 aliphatic rings. The second kappa shape index (κ2) is 6.09. The minimum atomic E-state index is 0.0155. The molecule has 0 aliphatic heterocycles. The number of benzene rings is 1. The zero-order chi connectivity index (χ0) is 13.8. The van der Waals surface area contributed by atoms with Gasteiger partial charge in [0, 0.05) is 23.0 Å². The normalized spacial score (nSPS) is 13.0. The lowest BCUT2D eigenvalue weighted by Gasteiger charge is -2.06. The van der Waals surface area contributed by atoms with E-state index in [-0.39, 0.29) is 5.91 Å². The van der Waals surface area contributed by atoms with Crippen molar-refractivity contribution in [3.63, 3.8) is 0 Å². The zero-order valence-corrected chi connectivity index (χ0v) is 12.0. The van der Waals surface area contributed by atoms with Crippen molar-refractivity contribution in [2.45, 2.75) is 24.2 Å². The number of fused-ring (bicyclic) bond motifs is 1. The molecule has 20 heavy (non-hydrogen) atoms. The number of pyridine rings is 1. The summed E-state index contributed by atoms with van der Waals surface area (Å²) in [5.41, 5.74) is 3.71. The molecule has 2 aromatic rings. The summed E-state index contributed by atoms with van der Waals surface area (Å²) in [4.78, 5) is 17.0. The highest BCUT2D eigenvalue weighted by atomic mass is 32.2. The molecule has 0 atom stereocenters. The Balaban J connectivity index is 1.55. The van der Waals surface area contributed by atoms with Crippen LogP contribution in [0.1, 0.15) is 17.5 Å². The van der Waals surface area contributed by atoms with Crippen molar-refractivity contribution < 1.29 is 4.79 Å². The van der Waals surface area contributed by atoms with E-state index in [4.69, 9.17) is 0 Å². The van der Waals surface area contributed by atoms with Crippen molar-refractivity contribution in [1.82, 2.24) is 4.98 Å². The molecule has 102 valence electrons. The van der Waals surface area contributed by atoms with E-state index in [1.165, 1.54) is 35.3 Å². The summed E-state index contributed by atoms with van der Waals surface area (Å²) in [5.74, 6) is 0.447. The molecule has 0 radical (unpaired) electrons. The van der Waals surface area contributed by atoms with E-state index in [9.17, 15) is 4.79 Å². The number of thioether (sulfide) groups is 1. The Morgan fingerprint density at radius 1 is 1.15 bits per heavy atom. The van der Waals surface area contributed by atoms with Gasteiger partial charge in [-0.1, -0.05) is 6.07 Å². The van der Waals surface area contributed by atoms with Gasteiger partial charge >= 0.3 is 0 Å². The minimum absolute atomic E-state index is 0.0155. The maximum absolute atomic E-state index is 11.9. The third-order valence-corrected chi connectivity index (χ3v) is 4.40. The van der Waals surface area contributed by atoms with Gasteiger partial charge in [0.05, 0.1) is 5.75 Å². The van der Waals surface area contributed by atoms with E-state index in [1.807, 2.05) is 0 Å². The van der Waals surface area contributed by atoms with Crippen molar-refractivity contribution in [2.24, 2.45) is 0 Å². The molecule has 1 heterocycles. The number of amides is 1. The summed E-state index contributed by atoms with van der Waals surface area (Å²) >= 11 is 1.59. The van der Waals surface area contributed by atoms with Crippen molar-refractivity contribution >= 4 is 23.4 Å². The largest absolute Gasteiger partial charge is 0.325 e. The van der Waals surface area contributed by atoms with E-state index in [2.05, 4.69) is 28.5 Å². The molecule has 3 nitrogen and oxygen atoms in total. The third-order valence-electron chi connectivity index (χ3n) is 3.40. The topological polar surface area (TPSA) is 42.0 Å². The SMILES string of the molecule is O=C(CSc1ccc2c(c1)CCC2)Nc1ccncc1. The molecule has 1 aromatic heterocycles. The Morgan fingerprint density at radius 2 is 1.95 bits per heavy atom. The highest BCUT2D eigenvalue weighted by molar-refractivity contribution is 8.00. The minimum Gasteiger partial charge on any atom is -0.325 e. The Labute approximate surface area is 122 Å². The van der Waals surface area contributed by atoms with Crippen LogP contribution in [0.3, 0.4) is 0 Å². The molecule has 0 saturated carbocycles. The standard InChI is InChI=1S/C16H16N2OS/c19-16(18-14-6-8-17-9-7-14)11-20-15-5-4-12-2-1-3-13(12)10-15/h4-10H,1-3,11H2,(H,17,18,19). The molecule has 0 saturated heterocycles. The molecular formula is C16H16N2OS. The lowest BCUT2D eigenvalue weighted by Crippen LogP contribution is -2.13. The van der Waals surface area contributed by atoms with Gasteiger partial charge in [0.25, 0.3) is 0 Å². The van der Waals surface area contributed by atoms with Crippen LogP contribution in [0.2, 0.25) is 0 Å². The molecule has 1 aromatic carbocycles. The molecule has 4 heteroatoms. The van der Waals surface area contributed by atoms with Crippen LogP contribution in [0, 0.1) is 0 Å². The van der Waals surface area contributed by atoms with E-state index in [0.717, 1.165) is 5.69 Å². The summed E-state index contributed by atoms with van der Waals surface area (Å²) in [6.45, 7) is 0. The lowest BCUT2D eigenvalue weighted by atomic mass is 10.1. The van der Waals surface area contributed by atoms with Gasteiger partial charge in [-0.3, -0.25) is 9.78 Å². The predicted octanol–water partition coefficient (Wildman–Crippen LogP) is 3.30. The average Bonchev–Trinajstić information content (AvgIpc) is 2.93. The highest BCUT2D eigenvalue weighted by Gasteiger charge is 2.11. The first kappa shape index (κ1) is 13.2. The summed E-state index contributed by atoms with van der Waals surface area (Å²) in [6.07, 6.45) is 6.97. The van der Waals surface area contributed by atoms with Gasteiger partial charge in [-0.2, -0.15) is 0 Å². The van der Waals surface area contributed by atoms with Gasteiger partial charge in [-0.25, -0.2) is 0 Å². The van der Waals surface area contributed by atoms with Gasteiger partial charge in [0.2, 0.25) is 5.91 Å². The molecule has 3 rings (SSSR count). The smallest absolute Gasteiger partial charge is 0.234 e. The van der Waals surface area contributed by atoms with Gasteiger partial charge < -0.3 is 5.32 Å². The molecular weight excluding hydrogens is 268 g/mol. The number of nitrogens with one attached hydrogen (secondary N) is 1. The molecule has 0 fully saturated rings. The highest BCUT2D eigenvalue weighted by Crippen LogP contribution is 2.27. The number of aromatic nitrogens is 1. The van der Waals surface area contributed by atoms with E-state index in [1.54, 1.807) is 36.3 Å². The summed E-state index contributed by atoms with van der Waals surface area (Å²) in [6, 6.07) is 10.1. The fourth-order valence-corrected chi connectivity index (χ4v) is 3.18. The number of carbonyl (C=O) groups is 1. The van der Waals surface area contributed by atoms with E-state index < -0.39 is 0 Å². The summed E-state index contributed by atoms with van der Waals surface area (Å²) in [7, 11) is 0. The zero-order valence-electron chi connectivity index (χ0n) is 11.1. The van der Waals surface area contributed by atoms with Gasteiger partial charge in [0.1, 0.15) is 0 Å². The van der Waals surface area contributed by atoms with Crippen molar-refractivity contribution in [2.75, 3.05) is 11.1 Å². The second-order valence-electron chi connectivity index (χ2n) is 4.86. The molecule has 1 amide bonds. The first-order chi connectivity index (χ1) is 9.81. The van der Waals surface area contributed by atoms with Crippen LogP contribution in [0.25, 0.3) is 0 Å². The number of carbonyl (C=O) groups excluding carboxylic acids is 1. The van der Waals surface area contributed by atoms with Crippen molar-refractivity contribution in [1.29, 1.82) is 0 Å². The first-order valence-electron chi connectivity index (χ1n) is 6.76. The van der Waals surface area contributed by atoms with Crippen molar-refractivity contribution in [3.05, 3.63) is 53.9 Å². The third kappa shape index (κ3) is 3.20. The van der Waals surface area contributed by atoms with Crippen molar-refractivity contribution in [3.8, 4) is 0 Å². The molecule has 1 N–H and O–H groups in total. The second-order valence-corrected chi connectivity index (χ2v) is 5.91. The van der Waals surface area contributed by atoms with Gasteiger partial charge in [-0.15, -0.1) is 11.8 Å². The van der Waals surface area contributed by atoms with Crippen LogP contribution in [-0.2, 0) is 17.6 Å². The van der Waals surface area contributed by atoms with Gasteiger partial charge in [0.15, 0.2) is 0 Å². The molecule has 1 aliphatic carbocycles. The predicted molar refractivity (Wildman–Crippen MR) is 82.1 cm³/mol. The van der Waals surface area contributed by atoms with E-state index >= 15 is 0 Å². The number of hydrogen-bond donors (Lipinski definition) is 1. The Kier molecular flexibility index (Phi) is 4.02. The Hall–Kier alpha value is -1.81. The monoisotopic (exact) mass is 284 g/mol. The fourth-order valence-electron chi connectivity index (χ4n) is 2.42. The number of nitrogens with zero attached hydrogens (tertiary/aromatic N) is 1.